The number of halogens is 2. The van der Waals surface area contributed by atoms with Gasteiger partial charge in [-0.3, -0.25) is 9.52 Å². The summed E-state index contributed by atoms with van der Waals surface area (Å²) in [5.74, 6) is -1.34. The summed E-state index contributed by atoms with van der Waals surface area (Å²) in [5, 5.41) is 3.41. The topological polar surface area (TPSA) is 119 Å². The smallest absolute Gasteiger partial charge is 0.255 e. The van der Waals surface area contributed by atoms with Gasteiger partial charge < -0.3 is 14.3 Å². The summed E-state index contributed by atoms with van der Waals surface area (Å²) in [4.78, 5) is 22.6. The second-order valence-electron chi connectivity index (χ2n) is 10.4. The zero-order valence-corrected chi connectivity index (χ0v) is 24.4. The van der Waals surface area contributed by atoms with Crippen LogP contribution in [0.15, 0.2) is 71.1 Å². The van der Waals surface area contributed by atoms with Gasteiger partial charge in [0.1, 0.15) is 17.4 Å². The molecular formula is C32H25F2N5O4S. The highest BCUT2D eigenvalue weighted by Gasteiger charge is 2.27. The van der Waals surface area contributed by atoms with E-state index < -0.39 is 21.7 Å². The summed E-state index contributed by atoms with van der Waals surface area (Å²) < 4.78 is 64.5. The average molecular weight is 614 g/mol. The molecule has 2 aromatic carbocycles. The van der Waals surface area contributed by atoms with Gasteiger partial charge in [-0.2, -0.15) is 4.98 Å². The number of benzene rings is 2. The summed E-state index contributed by atoms with van der Waals surface area (Å²) in [6.45, 7) is 2.15. The molecule has 5 heterocycles. The van der Waals surface area contributed by atoms with Crippen LogP contribution in [0, 0.1) is 11.6 Å². The van der Waals surface area contributed by atoms with E-state index >= 15 is 0 Å². The van der Waals surface area contributed by atoms with Crippen molar-refractivity contribution in [1.82, 2.24) is 19.9 Å². The maximum Gasteiger partial charge on any atom is 0.255 e. The Morgan fingerprint density at radius 2 is 1.82 bits per heavy atom. The highest BCUT2D eigenvalue weighted by Crippen LogP contribution is 2.40. The summed E-state index contributed by atoms with van der Waals surface area (Å²) in [7, 11) is -2.32. The zero-order chi connectivity index (χ0) is 30.7. The van der Waals surface area contributed by atoms with Gasteiger partial charge in [0.05, 0.1) is 39.3 Å². The van der Waals surface area contributed by atoms with Gasteiger partial charge in [-0.05, 0) is 73.5 Å². The molecule has 12 heteroatoms. The molecule has 1 amide bonds. The van der Waals surface area contributed by atoms with Crippen molar-refractivity contribution in [2.75, 3.05) is 17.5 Å². The maximum atomic E-state index is 14.7. The number of pyridine rings is 2. The first-order valence-corrected chi connectivity index (χ1v) is 15.6. The number of fused-ring (bicyclic) bond motifs is 6. The summed E-state index contributed by atoms with van der Waals surface area (Å²) in [5.41, 5.74) is 4.40. The van der Waals surface area contributed by atoms with Crippen LogP contribution < -0.4 is 10.0 Å². The number of furan rings is 1. The molecule has 6 aromatic rings. The van der Waals surface area contributed by atoms with Crippen molar-refractivity contribution in [1.29, 1.82) is 0 Å². The molecule has 0 unspecified atom stereocenters. The lowest BCUT2D eigenvalue weighted by atomic mass is 10.0. The van der Waals surface area contributed by atoms with Crippen molar-refractivity contribution in [3.8, 4) is 34.0 Å². The predicted molar refractivity (Wildman–Crippen MR) is 164 cm³/mol. The van der Waals surface area contributed by atoms with Crippen LogP contribution in [0.1, 0.15) is 22.8 Å². The van der Waals surface area contributed by atoms with E-state index in [2.05, 4.69) is 15.0 Å². The molecule has 0 radical (unpaired) electrons. The number of sulfonamides is 1. The minimum atomic E-state index is -3.79. The molecule has 0 bridgehead atoms. The largest absolute Gasteiger partial charge is 0.437 e. The van der Waals surface area contributed by atoms with Crippen molar-refractivity contribution < 1.29 is 26.4 Å². The number of anilines is 1. The standard InChI is InChI=1S/C32H25F2N5O4S/c1-3-44(41,42)38-30-21(15-22-27(31(40)35-2)29(43-32(22)37-30)18-7-10-19(33)11-8-18)24-12-9-17-13-14-39-25-6-4-5-23(34)20(25)16-26(39)28(17)36-24/h4-12,15-16H,3,13-14H2,1-2H3,(H,35,40)(H,37,38). The predicted octanol–water partition coefficient (Wildman–Crippen LogP) is 6.13. The van der Waals surface area contributed by atoms with Crippen molar-refractivity contribution in [2.45, 2.75) is 19.9 Å². The first kappa shape index (κ1) is 27.7. The third-order valence-corrected chi connectivity index (χ3v) is 9.13. The van der Waals surface area contributed by atoms with E-state index in [1.165, 1.54) is 44.3 Å². The quantitative estimate of drug-likeness (QED) is 0.233. The van der Waals surface area contributed by atoms with Gasteiger partial charge in [-0.25, -0.2) is 22.2 Å². The van der Waals surface area contributed by atoms with Crippen molar-refractivity contribution in [3.63, 3.8) is 0 Å². The lowest BCUT2D eigenvalue weighted by Crippen LogP contribution is -2.18. The molecule has 7 rings (SSSR count). The summed E-state index contributed by atoms with van der Waals surface area (Å²) in [6.07, 6.45) is 0.673. The Morgan fingerprint density at radius 3 is 2.57 bits per heavy atom. The van der Waals surface area contributed by atoms with E-state index in [0.717, 1.165) is 16.8 Å². The van der Waals surface area contributed by atoms with Crippen LogP contribution in [-0.4, -0.2) is 41.7 Å². The number of carbonyl (C=O) groups is 1. The number of hydrogen-bond donors (Lipinski definition) is 2. The molecule has 0 atom stereocenters. The van der Waals surface area contributed by atoms with Gasteiger partial charge >= 0.3 is 0 Å². The Balaban J connectivity index is 1.47. The molecule has 0 saturated carbocycles. The molecule has 222 valence electrons. The van der Waals surface area contributed by atoms with Crippen LogP contribution in [0.5, 0.6) is 0 Å². The number of amides is 1. The molecule has 4 aromatic heterocycles. The molecule has 0 spiro atoms. The van der Waals surface area contributed by atoms with Gasteiger partial charge in [0.2, 0.25) is 15.7 Å². The Hall–Kier alpha value is -5.10. The molecular weight excluding hydrogens is 588 g/mol. The average Bonchev–Trinajstić information content (AvgIpc) is 3.60. The lowest BCUT2D eigenvalue weighted by Gasteiger charge is -2.20. The normalized spacial score (nSPS) is 12.7. The minimum Gasteiger partial charge on any atom is -0.437 e. The third-order valence-electron chi connectivity index (χ3n) is 7.87. The maximum absolute atomic E-state index is 14.7. The van der Waals surface area contributed by atoms with E-state index in [1.54, 1.807) is 24.3 Å². The Morgan fingerprint density at radius 1 is 1.02 bits per heavy atom. The Kier molecular flexibility index (Phi) is 6.47. The third kappa shape index (κ3) is 4.49. The number of hydrogen-bond acceptors (Lipinski definition) is 6. The zero-order valence-electron chi connectivity index (χ0n) is 23.6. The Bertz CT molecular complexity index is 2240. The van der Waals surface area contributed by atoms with Gasteiger partial charge in [0.15, 0.2) is 5.82 Å². The molecule has 0 saturated heterocycles. The highest BCUT2D eigenvalue weighted by molar-refractivity contribution is 7.92. The fraction of sp³-hybridized carbons (Fsp3) is 0.156. The van der Waals surface area contributed by atoms with Crippen LogP contribution in [0.4, 0.5) is 14.6 Å². The number of nitrogens with zero attached hydrogens (tertiary/aromatic N) is 3. The second kappa shape index (κ2) is 10.3. The molecule has 9 nitrogen and oxygen atoms in total. The van der Waals surface area contributed by atoms with Crippen LogP contribution in [0.2, 0.25) is 0 Å². The number of aromatic nitrogens is 3. The summed E-state index contributed by atoms with van der Waals surface area (Å²) >= 11 is 0. The van der Waals surface area contributed by atoms with Gasteiger partial charge in [0, 0.05) is 30.1 Å². The van der Waals surface area contributed by atoms with Crippen LogP contribution in [0.25, 0.3) is 56.0 Å². The minimum absolute atomic E-state index is 0.00837. The highest BCUT2D eigenvalue weighted by atomic mass is 32.2. The molecule has 0 fully saturated rings. The Labute approximate surface area is 250 Å². The van der Waals surface area contributed by atoms with Gasteiger partial charge in [0.25, 0.3) is 5.91 Å². The van der Waals surface area contributed by atoms with E-state index in [9.17, 15) is 22.0 Å². The molecule has 1 aliphatic rings. The van der Waals surface area contributed by atoms with E-state index in [1.807, 2.05) is 16.7 Å². The SMILES string of the molecule is CCS(=O)(=O)Nc1nc2oc(-c3ccc(F)cc3)c(C(=O)NC)c2cc1-c1ccc2c(n1)-c1cc3c(F)cccc3n1CC2. The fourth-order valence-electron chi connectivity index (χ4n) is 5.65. The number of rotatable bonds is 6. The monoisotopic (exact) mass is 613 g/mol. The summed E-state index contributed by atoms with van der Waals surface area (Å²) in [6, 6.07) is 17.5. The fourth-order valence-corrected chi connectivity index (χ4v) is 6.24. The van der Waals surface area contributed by atoms with E-state index in [0.29, 0.717) is 46.3 Å². The van der Waals surface area contributed by atoms with Gasteiger partial charge in [-0.1, -0.05) is 12.1 Å². The van der Waals surface area contributed by atoms with Crippen LogP contribution in [-0.2, 0) is 23.0 Å². The van der Waals surface area contributed by atoms with Crippen molar-refractivity contribution in [3.05, 3.63) is 89.5 Å². The van der Waals surface area contributed by atoms with Crippen molar-refractivity contribution >= 4 is 43.8 Å². The molecule has 0 aliphatic carbocycles. The first-order valence-electron chi connectivity index (χ1n) is 13.9. The second-order valence-corrected chi connectivity index (χ2v) is 12.5. The van der Waals surface area contributed by atoms with Crippen molar-refractivity contribution in [2.24, 2.45) is 0 Å². The number of aryl methyl sites for hydroxylation is 2. The first-order chi connectivity index (χ1) is 21.2. The number of nitrogens with one attached hydrogen (secondary N) is 2. The van der Waals surface area contributed by atoms with E-state index in [4.69, 9.17) is 9.40 Å². The molecule has 1 aliphatic heterocycles. The van der Waals surface area contributed by atoms with Crippen LogP contribution >= 0.6 is 0 Å². The van der Waals surface area contributed by atoms with E-state index in [-0.39, 0.29) is 34.4 Å². The van der Waals surface area contributed by atoms with Gasteiger partial charge in [-0.15, -0.1) is 0 Å². The molecule has 2 N–H and O–H groups in total. The molecule has 44 heavy (non-hydrogen) atoms. The number of carbonyl (C=O) groups excluding carboxylic acids is 1. The van der Waals surface area contributed by atoms with Crippen LogP contribution in [0.3, 0.4) is 0 Å². The lowest BCUT2D eigenvalue weighted by molar-refractivity contribution is 0.0964.